The molecule has 30 heavy (non-hydrogen) atoms. The van der Waals surface area contributed by atoms with Gasteiger partial charge >= 0.3 is 8.56 Å². The van der Waals surface area contributed by atoms with Crippen LogP contribution in [0.25, 0.3) is 11.1 Å². The topological polar surface area (TPSA) is 24.9 Å². The summed E-state index contributed by atoms with van der Waals surface area (Å²) in [5.74, 6) is 0. The number of fused-ring (bicyclic) bond motifs is 3. The molecular formula is C25H36N2O2Si. The highest BCUT2D eigenvalue weighted by Crippen LogP contribution is 2.44. The summed E-state index contributed by atoms with van der Waals surface area (Å²) in [5.41, 5.74) is 8.58. The maximum absolute atomic E-state index is 6.47. The van der Waals surface area contributed by atoms with Crippen LogP contribution >= 0.6 is 0 Å². The van der Waals surface area contributed by atoms with Crippen molar-refractivity contribution in [2.45, 2.75) is 44.1 Å². The molecule has 5 heteroatoms. The maximum atomic E-state index is 6.47. The minimum atomic E-state index is -2.61. The summed E-state index contributed by atoms with van der Waals surface area (Å²) in [4.78, 5) is 4.42. The summed E-state index contributed by atoms with van der Waals surface area (Å²) < 4.78 is 12.9. The molecule has 4 rings (SSSR count). The van der Waals surface area contributed by atoms with Crippen molar-refractivity contribution in [3.05, 3.63) is 41.5 Å². The van der Waals surface area contributed by atoms with Gasteiger partial charge in [-0.1, -0.05) is 31.4 Å². The van der Waals surface area contributed by atoms with Gasteiger partial charge in [-0.05, 0) is 59.7 Å². The molecule has 1 saturated carbocycles. The fourth-order valence-electron chi connectivity index (χ4n) is 5.60. The van der Waals surface area contributed by atoms with Gasteiger partial charge in [0.25, 0.3) is 0 Å². The Morgan fingerprint density at radius 3 is 2.10 bits per heavy atom. The molecule has 162 valence electrons. The van der Waals surface area contributed by atoms with Crippen LogP contribution < -0.4 is 15.0 Å². The monoisotopic (exact) mass is 424 g/mol. The average molecular weight is 425 g/mol. The first kappa shape index (κ1) is 21.4. The van der Waals surface area contributed by atoms with Crippen molar-refractivity contribution in [1.29, 1.82) is 0 Å². The van der Waals surface area contributed by atoms with Crippen molar-refractivity contribution in [2.24, 2.45) is 0 Å². The third kappa shape index (κ3) is 3.37. The summed E-state index contributed by atoms with van der Waals surface area (Å²) in [5, 5.41) is 1.37. The van der Waals surface area contributed by atoms with Crippen LogP contribution in [-0.2, 0) is 15.3 Å². The second-order valence-electron chi connectivity index (χ2n) is 9.20. The van der Waals surface area contributed by atoms with Gasteiger partial charge in [-0.2, -0.15) is 0 Å². The molecule has 2 aliphatic carbocycles. The van der Waals surface area contributed by atoms with Gasteiger partial charge in [-0.3, -0.25) is 0 Å². The Morgan fingerprint density at radius 2 is 1.50 bits per heavy atom. The molecule has 4 nitrogen and oxygen atoms in total. The van der Waals surface area contributed by atoms with Crippen LogP contribution in [0, 0.1) is 0 Å². The molecule has 0 radical (unpaired) electrons. The Balaban J connectivity index is 1.91. The number of rotatable bonds is 6. The number of hydrogen-bond donors (Lipinski definition) is 0. The first-order chi connectivity index (χ1) is 14.4. The quantitative estimate of drug-likeness (QED) is 0.537. The van der Waals surface area contributed by atoms with E-state index in [2.05, 4.69) is 68.3 Å². The van der Waals surface area contributed by atoms with Crippen LogP contribution in [-0.4, -0.2) is 51.0 Å². The van der Waals surface area contributed by atoms with Gasteiger partial charge in [0.2, 0.25) is 0 Å². The minimum Gasteiger partial charge on any atom is -0.394 e. The largest absolute Gasteiger partial charge is 0.394 e. The zero-order valence-corrected chi connectivity index (χ0v) is 20.4. The number of anilines is 2. The van der Waals surface area contributed by atoms with Crippen LogP contribution in [0.4, 0.5) is 11.4 Å². The average Bonchev–Trinajstić information content (AvgIpc) is 3.13. The predicted octanol–water partition coefficient (Wildman–Crippen LogP) is 4.67. The van der Waals surface area contributed by atoms with Crippen LogP contribution in [0.2, 0.25) is 5.54 Å². The molecule has 2 aromatic rings. The van der Waals surface area contributed by atoms with E-state index >= 15 is 0 Å². The maximum Gasteiger partial charge on any atom is 0.377 e. The molecule has 0 amide bonds. The summed E-state index contributed by atoms with van der Waals surface area (Å²) in [7, 11) is 9.66. The van der Waals surface area contributed by atoms with E-state index in [1.165, 1.54) is 70.9 Å². The zero-order chi connectivity index (χ0) is 21.5. The molecule has 0 N–H and O–H groups in total. The van der Waals surface area contributed by atoms with E-state index in [0.29, 0.717) is 5.54 Å². The minimum absolute atomic E-state index is 0.507. The van der Waals surface area contributed by atoms with Gasteiger partial charge in [-0.25, -0.2) is 0 Å². The van der Waals surface area contributed by atoms with Gasteiger partial charge < -0.3 is 18.7 Å². The van der Waals surface area contributed by atoms with E-state index in [1.807, 2.05) is 14.2 Å². The Kier molecular flexibility index (Phi) is 5.97. The molecule has 0 bridgehead atoms. The SMILES string of the molecule is CO[Si](OC)(c1c(N(C)C)ccc2c1Cc1cc(N(C)C)ccc1-2)C1CCCCC1. The summed E-state index contributed by atoms with van der Waals surface area (Å²) in [6.45, 7) is 0. The third-order valence-corrected chi connectivity index (χ3v) is 11.3. The first-order valence-corrected chi connectivity index (χ1v) is 13.1. The molecule has 0 atom stereocenters. The number of benzene rings is 2. The molecule has 0 heterocycles. The van der Waals surface area contributed by atoms with Crippen molar-refractivity contribution >= 4 is 25.1 Å². The lowest BCUT2D eigenvalue weighted by Gasteiger charge is -2.40. The Bertz CT molecular complexity index is 916. The van der Waals surface area contributed by atoms with Crippen molar-refractivity contribution in [2.75, 3.05) is 52.2 Å². The number of hydrogen-bond acceptors (Lipinski definition) is 4. The lowest BCUT2D eigenvalue weighted by molar-refractivity contribution is 0.232. The molecule has 0 saturated heterocycles. The molecule has 0 spiro atoms. The van der Waals surface area contributed by atoms with E-state index < -0.39 is 8.56 Å². The summed E-state index contributed by atoms with van der Waals surface area (Å²) >= 11 is 0. The van der Waals surface area contributed by atoms with Gasteiger partial charge in [0.05, 0.1) is 0 Å². The van der Waals surface area contributed by atoms with E-state index in [1.54, 1.807) is 0 Å². The van der Waals surface area contributed by atoms with Crippen molar-refractivity contribution < 1.29 is 8.85 Å². The normalized spacial score (nSPS) is 16.3. The predicted molar refractivity (Wildman–Crippen MR) is 130 cm³/mol. The fraction of sp³-hybridized carbons (Fsp3) is 0.520. The Hall–Kier alpha value is -1.82. The van der Waals surface area contributed by atoms with E-state index in [4.69, 9.17) is 8.85 Å². The lowest BCUT2D eigenvalue weighted by atomic mass is 10.0. The van der Waals surface area contributed by atoms with Crippen molar-refractivity contribution in [3.63, 3.8) is 0 Å². The van der Waals surface area contributed by atoms with Crippen LogP contribution in [0.1, 0.15) is 43.2 Å². The zero-order valence-electron chi connectivity index (χ0n) is 19.4. The van der Waals surface area contributed by atoms with Gasteiger partial charge in [0, 0.05) is 64.5 Å². The van der Waals surface area contributed by atoms with Gasteiger partial charge in [0.1, 0.15) is 0 Å². The third-order valence-electron chi connectivity index (χ3n) is 7.13. The fourth-order valence-corrected chi connectivity index (χ4v) is 9.72. The highest BCUT2D eigenvalue weighted by atomic mass is 28.4. The van der Waals surface area contributed by atoms with Crippen LogP contribution in [0.3, 0.4) is 0 Å². The van der Waals surface area contributed by atoms with Gasteiger partial charge in [-0.15, -0.1) is 0 Å². The highest BCUT2D eigenvalue weighted by molar-refractivity contribution is 6.84. The molecule has 0 aliphatic heterocycles. The lowest BCUT2D eigenvalue weighted by Crippen LogP contribution is -2.59. The molecule has 0 unspecified atom stereocenters. The molecule has 2 aromatic carbocycles. The van der Waals surface area contributed by atoms with E-state index in [0.717, 1.165) is 6.42 Å². The Morgan fingerprint density at radius 1 is 0.833 bits per heavy atom. The van der Waals surface area contributed by atoms with Crippen LogP contribution in [0.15, 0.2) is 30.3 Å². The molecule has 2 aliphatic rings. The Labute approximate surface area is 183 Å². The second-order valence-corrected chi connectivity index (χ2v) is 12.7. The first-order valence-electron chi connectivity index (χ1n) is 11.2. The second kappa shape index (κ2) is 8.37. The van der Waals surface area contributed by atoms with E-state index in [-0.39, 0.29) is 0 Å². The molecule has 0 aromatic heterocycles. The summed E-state index contributed by atoms with van der Waals surface area (Å²) in [6, 6.07) is 11.5. The number of nitrogens with zero attached hydrogens (tertiary/aromatic N) is 2. The van der Waals surface area contributed by atoms with Gasteiger partial charge in [0.15, 0.2) is 0 Å². The smallest absolute Gasteiger partial charge is 0.377 e. The molecule has 1 fully saturated rings. The standard InChI is InChI=1S/C25H36N2O2Si/c1-26(2)19-12-13-21-18(16-19)17-23-22(21)14-15-24(27(3)4)25(23)30(28-5,29-6)20-10-8-7-9-11-20/h12-16,20H,7-11,17H2,1-6H3. The summed E-state index contributed by atoms with van der Waals surface area (Å²) in [6.07, 6.45) is 7.28. The van der Waals surface area contributed by atoms with Crippen LogP contribution in [0.5, 0.6) is 0 Å². The van der Waals surface area contributed by atoms with Crippen molar-refractivity contribution in [3.8, 4) is 11.1 Å². The highest BCUT2D eigenvalue weighted by Gasteiger charge is 2.50. The molecular weight excluding hydrogens is 388 g/mol. The van der Waals surface area contributed by atoms with Crippen molar-refractivity contribution in [1.82, 2.24) is 0 Å². The van der Waals surface area contributed by atoms with E-state index in [9.17, 15) is 0 Å².